The fourth-order valence-electron chi connectivity index (χ4n) is 3.98. The van der Waals surface area contributed by atoms with Crippen molar-refractivity contribution >= 4 is 29.3 Å². The minimum atomic E-state index is -1.10. The molecule has 1 aliphatic rings. The number of fused-ring (bicyclic) bond motifs is 3. The first-order valence-corrected chi connectivity index (χ1v) is 11.2. The van der Waals surface area contributed by atoms with E-state index in [0.717, 1.165) is 27.2 Å². The zero-order chi connectivity index (χ0) is 23.5. The Labute approximate surface area is 194 Å². The fourth-order valence-corrected chi connectivity index (χ4v) is 4.84. The number of hydrogen-bond donors (Lipinski definition) is 2. The molecule has 4 rings (SSSR count). The van der Waals surface area contributed by atoms with Gasteiger partial charge in [-0.15, -0.1) is 11.3 Å². The van der Waals surface area contributed by atoms with Gasteiger partial charge in [-0.2, -0.15) is 0 Å². The van der Waals surface area contributed by atoms with Crippen molar-refractivity contribution in [2.45, 2.75) is 19.4 Å². The van der Waals surface area contributed by atoms with Gasteiger partial charge in [-0.25, -0.2) is 9.78 Å². The lowest BCUT2D eigenvalue weighted by Crippen LogP contribution is -2.32. The van der Waals surface area contributed by atoms with Crippen LogP contribution >= 0.6 is 11.3 Å². The molecule has 9 heteroatoms. The highest BCUT2D eigenvalue weighted by Gasteiger charge is 2.29. The second-order valence-corrected chi connectivity index (χ2v) is 9.03. The number of aromatic nitrogens is 1. The second-order valence-electron chi connectivity index (χ2n) is 7.75. The van der Waals surface area contributed by atoms with E-state index in [1.807, 2.05) is 24.3 Å². The maximum absolute atomic E-state index is 12.4. The molecule has 0 spiro atoms. The Bertz CT molecular complexity index is 1180. The van der Waals surface area contributed by atoms with Crippen molar-refractivity contribution in [1.82, 2.24) is 15.2 Å². The number of rotatable bonds is 7. The van der Waals surface area contributed by atoms with Gasteiger partial charge in [-0.3, -0.25) is 9.59 Å². The van der Waals surface area contributed by atoms with Crippen molar-refractivity contribution in [1.29, 1.82) is 0 Å². The van der Waals surface area contributed by atoms with E-state index in [0.29, 0.717) is 9.88 Å². The van der Waals surface area contributed by atoms with Crippen molar-refractivity contribution in [3.05, 3.63) is 75.2 Å². The van der Waals surface area contributed by atoms with Gasteiger partial charge >= 0.3 is 12.1 Å². The summed E-state index contributed by atoms with van der Waals surface area (Å²) in [5.41, 5.74) is 4.77. The van der Waals surface area contributed by atoms with E-state index in [1.165, 1.54) is 18.4 Å². The van der Waals surface area contributed by atoms with E-state index in [-0.39, 0.29) is 24.8 Å². The van der Waals surface area contributed by atoms with Crippen LogP contribution in [0.4, 0.5) is 4.79 Å². The van der Waals surface area contributed by atoms with Gasteiger partial charge in [0, 0.05) is 17.8 Å². The minimum absolute atomic E-state index is 0.0285. The van der Waals surface area contributed by atoms with Gasteiger partial charge < -0.3 is 20.1 Å². The molecular weight excluding hydrogens is 442 g/mol. The van der Waals surface area contributed by atoms with Crippen molar-refractivity contribution in [2.75, 3.05) is 20.2 Å². The van der Waals surface area contributed by atoms with Crippen LogP contribution in [-0.2, 0) is 16.1 Å². The molecule has 2 aromatic carbocycles. The van der Waals surface area contributed by atoms with Crippen LogP contribution < -0.4 is 5.32 Å². The van der Waals surface area contributed by atoms with Gasteiger partial charge in [0.2, 0.25) is 0 Å². The minimum Gasteiger partial charge on any atom is -0.480 e. The highest BCUT2D eigenvalue weighted by molar-refractivity contribution is 7.11. The lowest BCUT2D eigenvalue weighted by atomic mass is 9.98. The number of carbonyl (C=O) groups is 3. The highest BCUT2D eigenvalue weighted by atomic mass is 32.1. The molecule has 2 N–H and O–H groups in total. The number of alkyl carbamates (subject to hydrolysis) is 1. The third kappa shape index (κ3) is 4.73. The number of hydrogen-bond acceptors (Lipinski definition) is 6. The van der Waals surface area contributed by atoms with Crippen LogP contribution in [0.1, 0.15) is 37.4 Å². The maximum Gasteiger partial charge on any atom is 0.407 e. The Balaban J connectivity index is 1.36. The number of aryl methyl sites for hydroxylation is 1. The van der Waals surface area contributed by atoms with Crippen LogP contribution in [0.2, 0.25) is 0 Å². The summed E-state index contributed by atoms with van der Waals surface area (Å²) in [6, 6.07) is 16.2. The molecule has 0 fully saturated rings. The molecule has 0 saturated heterocycles. The number of thiazole rings is 1. The van der Waals surface area contributed by atoms with E-state index in [9.17, 15) is 14.4 Å². The Morgan fingerprint density at radius 3 is 2.30 bits per heavy atom. The number of aliphatic carboxylic acids is 1. The topological polar surface area (TPSA) is 109 Å². The molecule has 8 nitrogen and oxygen atoms in total. The summed E-state index contributed by atoms with van der Waals surface area (Å²) in [6.07, 6.45) is -0.569. The molecule has 1 heterocycles. The van der Waals surface area contributed by atoms with Gasteiger partial charge in [-0.1, -0.05) is 48.5 Å². The molecule has 170 valence electrons. The summed E-state index contributed by atoms with van der Waals surface area (Å²) in [7, 11) is 1.41. The van der Waals surface area contributed by atoms with Crippen LogP contribution in [0.5, 0.6) is 0 Å². The van der Waals surface area contributed by atoms with E-state index in [2.05, 4.69) is 34.6 Å². The molecule has 0 saturated carbocycles. The number of carboxylic acids is 1. The predicted octanol–water partition coefficient (Wildman–Crippen LogP) is 3.65. The number of amides is 2. The third-order valence-electron chi connectivity index (χ3n) is 5.49. The molecule has 0 radical (unpaired) electrons. The standard InChI is InChI=1S/C24H23N3O5S/c1-14-22(23(30)27(2)12-21(28)29)26-20(33-14)11-25-24(31)32-13-19-17-9-5-3-7-15(17)16-8-4-6-10-18(16)19/h3-10,19H,11-13H2,1-2H3,(H,25,31)(H,28,29). The predicted molar refractivity (Wildman–Crippen MR) is 123 cm³/mol. The fraction of sp³-hybridized carbons (Fsp3) is 0.250. The molecule has 3 aromatic rings. The average Bonchev–Trinajstić information content (AvgIpc) is 3.33. The van der Waals surface area contributed by atoms with Crippen LogP contribution in [0.3, 0.4) is 0 Å². The van der Waals surface area contributed by atoms with E-state index in [4.69, 9.17) is 9.84 Å². The van der Waals surface area contributed by atoms with Crippen molar-refractivity contribution < 1.29 is 24.2 Å². The SMILES string of the molecule is Cc1sc(CNC(=O)OCC2c3ccccc3-c3ccccc32)nc1C(=O)N(C)CC(=O)O. The number of carboxylic acid groups (broad SMARTS) is 1. The molecule has 1 aromatic heterocycles. The molecule has 0 aliphatic heterocycles. The van der Waals surface area contributed by atoms with Crippen molar-refractivity contribution in [3.63, 3.8) is 0 Å². The number of nitrogens with one attached hydrogen (secondary N) is 1. The van der Waals surface area contributed by atoms with Gasteiger partial charge in [0.25, 0.3) is 5.91 Å². The first-order chi connectivity index (χ1) is 15.8. The maximum atomic E-state index is 12.4. The molecular formula is C24H23N3O5S. The zero-order valence-corrected chi connectivity index (χ0v) is 19.0. The number of likely N-dealkylation sites (N-methyl/N-ethyl adjacent to an activating group) is 1. The summed E-state index contributed by atoms with van der Waals surface area (Å²) >= 11 is 1.27. The van der Waals surface area contributed by atoms with E-state index in [1.54, 1.807) is 6.92 Å². The summed E-state index contributed by atoms with van der Waals surface area (Å²) in [6.45, 7) is 1.64. The van der Waals surface area contributed by atoms with Gasteiger partial charge in [0.1, 0.15) is 23.9 Å². The molecule has 2 amide bonds. The number of nitrogens with zero attached hydrogens (tertiary/aromatic N) is 2. The summed E-state index contributed by atoms with van der Waals surface area (Å²) in [4.78, 5) is 41.6. The van der Waals surface area contributed by atoms with Crippen LogP contribution in [0, 0.1) is 6.92 Å². The van der Waals surface area contributed by atoms with E-state index < -0.39 is 24.5 Å². The Morgan fingerprint density at radius 2 is 1.70 bits per heavy atom. The molecule has 1 aliphatic carbocycles. The van der Waals surface area contributed by atoms with Crippen molar-refractivity contribution in [2.24, 2.45) is 0 Å². The van der Waals surface area contributed by atoms with Gasteiger partial charge in [-0.05, 0) is 29.2 Å². The first-order valence-electron chi connectivity index (χ1n) is 10.4. The van der Waals surface area contributed by atoms with E-state index >= 15 is 0 Å². The normalized spacial score (nSPS) is 12.1. The number of ether oxygens (including phenoxy) is 1. The number of carbonyl (C=O) groups excluding carboxylic acids is 2. The first kappa shape index (κ1) is 22.5. The van der Waals surface area contributed by atoms with Crippen LogP contribution in [-0.4, -0.2) is 53.2 Å². The summed E-state index contributed by atoms with van der Waals surface area (Å²) in [5, 5.41) is 12.1. The highest BCUT2D eigenvalue weighted by Crippen LogP contribution is 2.44. The lowest BCUT2D eigenvalue weighted by molar-refractivity contribution is -0.137. The van der Waals surface area contributed by atoms with Crippen LogP contribution in [0.25, 0.3) is 11.1 Å². The third-order valence-corrected chi connectivity index (χ3v) is 6.46. The smallest absolute Gasteiger partial charge is 0.407 e. The zero-order valence-electron chi connectivity index (χ0n) is 18.2. The Kier molecular flexibility index (Phi) is 6.41. The molecule has 0 unspecified atom stereocenters. The Morgan fingerprint density at radius 1 is 1.09 bits per heavy atom. The summed E-state index contributed by atoms with van der Waals surface area (Å²) in [5.74, 6) is -1.60. The number of benzene rings is 2. The monoisotopic (exact) mass is 465 g/mol. The molecule has 0 bridgehead atoms. The van der Waals surface area contributed by atoms with Crippen LogP contribution in [0.15, 0.2) is 48.5 Å². The average molecular weight is 466 g/mol. The van der Waals surface area contributed by atoms with Gasteiger partial charge in [0.15, 0.2) is 0 Å². The molecule has 33 heavy (non-hydrogen) atoms. The Hall–Kier alpha value is -3.72. The van der Waals surface area contributed by atoms with Gasteiger partial charge in [0.05, 0.1) is 6.54 Å². The quantitative estimate of drug-likeness (QED) is 0.551. The van der Waals surface area contributed by atoms with Crippen molar-refractivity contribution in [3.8, 4) is 11.1 Å². The second kappa shape index (κ2) is 9.41. The lowest BCUT2D eigenvalue weighted by Gasteiger charge is -2.14. The largest absolute Gasteiger partial charge is 0.480 e. The summed E-state index contributed by atoms with van der Waals surface area (Å²) < 4.78 is 5.51. The molecule has 0 atom stereocenters.